The highest BCUT2D eigenvalue weighted by Gasteiger charge is 2.23. The molecule has 0 spiro atoms. The summed E-state index contributed by atoms with van der Waals surface area (Å²) in [6, 6.07) is 7.09. The molecule has 0 bridgehead atoms. The third-order valence-corrected chi connectivity index (χ3v) is 4.85. The zero-order valence-corrected chi connectivity index (χ0v) is 13.9. The summed E-state index contributed by atoms with van der Waals surface area (Å²) in [6.45, 7) is 0. The number of hydrogen-bond acceptors (Lipinski definition) is 5. The lowest BCUT2D eigenvalue weighted by Gasteiger charge is -2.10. The van der Waals surface area contributed by atoms with Crippen molar-refractivity contribution < 1.29 is 13.3 Å². The molecule has 2 aromatic carbocycles. The molecular formula is C12H7Cl2N5O4S. The molecule has 0 aromatic heterocycles. The lowest BCUT2D eigenvalue weighted by atomic mass is 10.2. The Labute approximate surface area is 145 Å². The first-order chi connectivity index (χ1) is 11.2. The Morgan fingerprint density at radius 3 is 2.54 bits per heavy atom. The van der Waals surface area contributed by atoms with Crippen LogP contribution in [0.15, 0.2) is 46.4 Å². The van der Waals surface area contributed by atoms with E-state index in [9.17, 15) is 18.5 Å². The topological polar surface area (TPSA) is 138 Å². The van der Waals surface area contributed by atoms with E-state index in [1.165, 1.54) is 18.2 Å². The van der Waals surface area contributed by atoms with Crippen molar-refractivity contribution in [2.75, 3.05) is 4.72 Å². The quantitative estimate of drug-likeness (QED) is 0.262. The lowest BCUT2D eigenvalue weighted by molar-refractivity contribution is -0.383. The SMILES string of the molecule is [N-]=[N+]=Nc1ccc(NS(=O)(=O)c2cc(Cl)ccc2Cl)c([N+](=O)[O-])c1. The van der Waals surface area contributed by atoms with Crippen LogP contribution in [0.3, 0.4) is 0 Å². The summed E-state index contributed by atoms with van der Waals surface area (Å²) in [5, 5.41) is 14.4. The van der Waals surface area contributed by atoms with E-state index >= 15 is 0 Å². The van der Waals surface area contributed by atoms with E-state index in [0.717, 1.165) is 18.2 Å². The summed E-state index contributed by atoms with van der Waals surface area (Å²) in [5.41, 5.74) is 7.43. The molecule has 0 atom stereocenters. The Balaban J connectivity index is 2.51. The number of nitro groups is 1. The summed E-state index contributed by atoms with van der Waals surface area (Å²) < 4.78 is 26.9. The first-order valence-corrected chi connectivity index (χ1v) is 8.30. The number of hydrogen-bond donors (Lipinski definition) is 1. The zero-order valence-electron chi connectivity index (χ0n) is 11.6. The lowest BCUT2D eigenvalue weighted by Crippen LogP contribution is -2.14. The van der Waals surface area contributed by atoms with Crippen LogP contribution >= 0.6 is 23.2 Å². The Morgan fingerprint density at radius 2 is 1.92 bits per heavy atom. The molecule has 0 aliphatic rings. The average molecular weight is 388 g/mol. The minimum Gasteiger partial charge on any atom is -0.273 e. The van der Waals surface area contributed by atoms with Gasteiger partial charge in [0.15, 0.2) is 0 Å². The van der Waals surface area contributed by atoms with Gasteiger partial charge in [-0.3, -0.25) is 14.8 Å². The number of anilines is 1. The second-order valence-electron chi connectivity index (χ2n) is 4.33. The highest BCUT2D eigenvalue weighted by molar-refractivity contribution is 7.92. The molecular weight excluding hydrogens is 381 g/mol. The van der Waals surface area contributed by atoms with E-state index in [1.54, 1.807) is 0 Å². The maximum atomic E-state index is 12.4. The number of nitro benzene ring substituents is 1. The van der Waals surface area contributed by atoms with Crippen LogP contribution < -0.4 is 4.72 Å². The standard InChI is InChI=1S/C12H7Cl2N5O4S/c13-7-1-3-9(14)12(5-7)24(22,23)17-10-4-2-8(16-18-15)6-11(10)19(20)21/h1-6,17H. The number of benzene rings is 2. The number of halogens is 2. The fraction of sp³-hybridized carbons (Fsp3) is 0. The van der Waals surface area contributed by atoms with Crippen molar-refractivity contribution in [3.63, 3.8) is 0 Å². The van der Waals surface area contributed by atoms with Crippen LogP contribution in [0.1, 0.15) is 0 Å². The van der Waals surface area contributed by atoms with Gasteiger partial charge in [-0.25, -0.2) is 8.42 Å². The highest BCUT2D eigenvalue weighted by atomic mass is 35.5. The first kappa shape index (κ1) is 17.8. The third-order valence-electron chi connectivity index (χ3n) is 2.77. The van der Waals surface area contributed by atoms with Crippen molar-refractivity contribution >= 4 is 50.3 Å². The van der Waals surface area contributed by atoms with Gasteiger partial charge < -0.3 is 0 Å². The van der Waals surface area contributed by atoms with E-state index in [-0.39, 0.29) is 26.3 Å². The van der Waals surface area contributed by atoms with Gasteiger partial charge in [-0.15, -0.1) is 0 Å². The maximum absolute atomic E-state index is 12.4. The van der Waals surface area contributed by atoms with Crippen LogP contribution in [-0.2, 0) is 10.0 Å². The van der Waals surface area contributed by atoms with Crippen molar-refractivity contribution in [2.24, 2.45) is 5.11 Å². The predicted molar refractivity (Wildman–Crippen MR) is 89.2 cm³/mol. The van der Waals surface area contributed by atoms with Gasteiger partial charge in [-0.2, -0.15) is 0 Å². The van der Waals surface area contributed by atoms with Crippen molar-refractivity contribution in [3.05, 3.63) is 67.0 Å². The van der Waals surface area contributed by atoms with E-state index in [4.69, 9.17) is 28.7 Å². The Morgan fingerprint density at radius 1 is 1.21 bits per heavy atom. The molecule has 0 saturated heterocycles. The van der Waals surface area contributed by atoms with E-state index in [0.29, 0.717) is 0 Å². The van der Waals surface area contributed by atoms with E-state index < -0.39 is 20.6 Å². The number of nitrogens with zero attached hydrogens (tertiary/aromatic N) is 4. The number of azide groups is 1. The van der Waals surface area contributed by atoms with Crippen LogP contribution in [0.5, 0.6) is 0 Å². The molecule has 1 N–H and O–H groups in total. The molecule has 0 fully saturated rings. The summed E-state index contributed by atoms with van der Waals surface area (Å²) in [5.74, 6) is 0. The van der Waals surface area contributed by atoms with E-state index in [1.807, 2.05) is 0 Å². The molecule has 124 valence electrons. The Hall–Kier alpha value is -2.52. The molecule has 2 aromatic rings. The highest BCUT2D eigenvalue weighted by Crippen LogP contribution is 2.33. The Kier molecular flexibility index (Phi) is 5.15. The molecule has 0 saturated carbocycles. The maximum Gasteiger partial charge on any atom is 0.293 e. The number of rotatable bonds is 5. The van der Waals surface area contributed by atoms with Gasteiger partial charge >= 0.3 is 0 Å². The molecule has 2 rings (SSSR count). The first-order valence-electron chi connectivity index (χ1n) is 6.06. The third kappa shape index (κ3) is 3.87. The Bertz CT molecular complexity index is 973. The number of sulfonamides is 1. The summed E-state index contributed by atoms with van der Waals surface area (Å²) >= 11 is 11.6. The second kappa shape index (κ2) is 6.93. The van der Waals surface area contributed by atoms with Gasteiger partial charge in [0.25, 0.3) is 15.7 Å². The monoisotopic (exact) mass is 387 g/mol. The predicted octanol–water partition coefficient (Wildman–Crippen LogP) is 4.64. The minimum absolute atomic E-state index is 0.0343. The summed E-state index contributed by atoms with van der Waals surface area (Å²) in [4.78, 5) is 12.5. The molecule has 0 heterocycles. The summed E-state index contributed by atoms with van der Waals surface area (Å²) in [6.07, 6.45) is 0. The molecule has 0 aliphatic carbocycles. The van der Waals surface area contributed by atoms with E-state index in [2.05, 4.69) is 14.7 Å². The van der Waals surface area contributed by atoms with Crippen molar-refractivity contribution in [1.82, 2.24) is 0 Å². The van der Waals surface area contributed by atoms with Crippen molar-refractivity contribution in [1.29, 1.82) is 0 Å². The molecule has 9 nitrogen and oxygen atoms in total. The average Bonchev–Trinajstić information content (AvgIpc) is 2.51. The van der Waals surface area contributed by atoms with Gasteiger partial charge in [-0.1, -0.05) is 34.4 Å². The smallest absolute Gasteiger partial charge is 0.273 e. The van der Waals surface area contributed by atoms with Crippen LogP contribution in [0.4, 0.5) is 17.1 Å². The van der Waals surface area contributed by atoms with Gasteiger partial charge in [0.1, 0.15) is 10.6 Å². The van der Waals surface area contributed by atoms with Crippen LogP contribution in [0.2, 0.25) is 10.0 Å². The molecule has 0 amide bonds. The van der Waals surface area contributed by atoms with Gasteiger partial charge in [0.05, 0.1) is 9.95 Å². The van der Waals surface area contributed by atoms with Crippen LogP contribution in [0, 0.1) is 10.1 Å². The second-order valence-corrected chi connectivity index (χ2v) is 6.82. The fourth-order valence-corrected chi connectivity index (χ4v) is 3.59. The molecule has 0 unspecified atom stereocenters. The van der Waals surface area contributed by atoms with Gasteiger partial charge in [0.2, 0.25) is 0 Å². The number of nitrogens with one attached hydrogen (secondary N) is 1. The zero-order chi connectivity index (χ0) is 17.9. The van der Waals surface area contributed by atoms with Crippen LogP contribution in [0.25, 0.3) is 10.4 Å². The molecule has 0 radical (unpaired) electrons. The van der Waals surface area contributed by atoms with Crippen molar-refractivity contribution in [2.45, 2.75) is 4.90 Å². The molecule has 0 aliphatic heterocycles. The largest absolute Gasteiger partial charge is 0.293 e. The van der Waals surface area contributed by atoms with Gasteiger partial charge in [-0.05, 0) is 29.8 Å². The van der Waals surface area contributed by atoms with Gasteiger partial charge in [0, 0.05) is 21.7 Å². The summed E-state index contributed by atoms with van der Waals surface area (Å²) in [7, 11) is -4.22. The molecule has 12 heteroatoms. The minimum atomic E-state index is -4.22. The normalized spacial score (nSPS) is 10.8. The van der Waals surface area contributed by atoms with Crippen LogP contribution in [-0.4, -0.2) is 13.3 Å². The fourth-order valence-electron chi connectivity index (χ4n) is 1.75. The van der Waals surface area contributed by atoms with Crippen molar-refractivity contribution in [3.8, 4) is 0 Å². The molecule has 24 heavy (non-hydrogen) atoms.